The topological polar surface area (TPSA) is 84.8 Å². The van der Waals surface area contributed by atoms with Crippen LogP contribution in [0.25, 0.3) is 16.9 Å². The highest BCUT2D eigenvalue weighted by Gasteiger charge is 2.12. The lowest BCUT2D eigenvalue weighted by Gasteiger charge is -2.02. The van der Waals surface area contributed by atoms with Gasteiger partial charge in [-0.1, -0.05) is 36.4 Å². The molecule has 0 aliphatic heterocycles. The molecule has 0 aliphatic carbocycles. The van der Waals surface area contributed by atoms with E-state index in [-0.39, 0.29) is 5.69 Å². The predicted octanol–water partition coefficient (Wildman–Crippen LogP) is 4.36. The summed E-state index contributed by atoms with van der Waals surface area (Å²) < 4.78 is 1.96. The predicted molar refractivity (Wildman–Crippen MR) is 105 cm³/mol. The lowest BCUT2D eigenvalue weighted by atomic mass is 10.1. The summed E-state index contributed by atoms with van der Waals surface area (Å²) in [6.45, 7) is 0. The van der Waals surface area contributed by atoms with Crippen molar-refractivity contribution in [1.82, 2.24) is 9.38 Å². The van der Waals surface area contributed by atoms with Crippen molar-refractivity contribution in [3.63, 3.8) is 0 Å². The minimum absolute atomic E-state index is 0.0395. The van der Waals surface area contributed by atoms with Crippen molar-refractivity contribution in [2.24, 2.45) is 5.10 Å². The second-order valence-corrected chi connectivity index (χ2v) is 5.81. The zero-order valence-corrected chi connectivity index (χ0v) is 14.2. The van der Waals surface area contributed by atoms with E-state index in [9.17, 15) is 10.1 Å². The molecule has 0 bridgehead atoms. The number of rotatable bonds is 5. The Morgan fingerprint density at radius 3 is 2.48 bits per heavy atom. The summed E-state index contributed by atoms with van der Waals surface area (Å²) in [6.07, 6.45) is 3.63. The molecule has 27 heavy (non-hydrogen) atoms. The molecule has 0 atom stereocenters. The van der Waals surface area contributed by atoms with Crippen molar-refractivity contribution in [2.45, 2.75) is 0 Å². The number of fused-ring (bicyclic) bond motifs is 1. The lowest BCUT2D eigenvalue weighted by Crippen LogP contribution is -1.96. The van der Waals surface area contributed by atoms with Gasteiger partial charge in [0.05, 0.1) is 28.2 Å². The number of nitrogens with one attached hydrogen (secondary N) is 1. The summed E-state index contributed by atoms with van der Waals surface area (Å²) >= 11 is 0. The minimum Gasteiger partial charge on any atom is -0.298 e. The third kappa shape index (κ3) is 3.38. The van der Waals surface area contributed by atoms with E-state index in [0.717, 1.165) is 22.6 Å². The molecule has 2 heterocycles. The summed E-state index contributed by atoms with van der Waals surface area (Å²) in [5.74, 6) is 0. The number of hydrazone groups is 1. The van der Waals surface area contributed by atoms with Crippen LogP contribution in [0.2, 0.25) is 0 Å². The van der Waals surface area contributed by atoms with E-state index in [1.807, 2.05) is 59.1 Å². The quantitative estimate of drug-likeness (QED) is 0.327. The Bertz CT molecular complexity index is 1120. The van der Waals surface area contributed by atoms with Crippen LogP contribution in [0.15, 0.2) is 84.1 Å². The fraction of sp³-hybridized carbons (Fsp3) is 0. The van der Waals surface area contributed by atoms with Gasteiger partial charge in [0.1, 0.15) is 5.65 Å². The first-order valence-corrected chi connectivity index (χ1v) is 8.28. The Labute approximate surface area is 154 Å². The molecule has 0 spiro atoms. The number of hydrogen-bond acceptors (Lipinski definition) is 5. The standard InChI is InChI=1S/C20H15N5O2/c26-25(27)17-11-9-16(10-12-17)23-21-14-18-20(15-6-2-1-3-7-15)22-19-8-4-5-13-24(18)19/h1-14,23H/b21-14+. The first-order chi connectivity index (χ1) is 13.2. The van der Waals surface area contributed by atoms with E-state index in [1.54, 1.807) is 18.3 Å². The summed E-state index contributed by atoms with van der Waals surface area (Å²) in [6, 6.07) is 21.8. The molecular weight excluding hydrogens is 342 g/mol. The van der Waals surface area contributed by atoms with Gasteiger partial charge in [0.25, 0.3) is 5.69 Å². The van der Waals surface area contributed by atoms with Gasteiger partial charge in [-0.2, -0.15) is 5.10 Å². The Kier molecular flexibility index (Phi) is 4.32. The Balaban J connectivity index is 1.66. The molecule has 7 heteroatoms. The first kappa shape index (κ1) is 16.5. The van der Waals surface area contributed by atoms with Crippen LogP contribution >= 0.6 is 0 Å². The maximum Gasteiger partial charge on any atom is 0.269 e. The molecule has 0 aliphatic rings. The summed E-state index contributed by atoms with van der Waals surface area (Å²) in [7, 11) is 0. The molecule has 1 N–H and O–H groups in total. The average molecular weight is 357 g/mol. The molecular formula is C20H15N5O2. The Morgan fingerprint density at radius 1 is 1.00 bits per heavy atom. The average Bonchev–Trinajstić information content (AvgIpc) is 3.08. The van der Waals surface area contributed by atoms with Crippen LogP contribution in [0.5, 0.6) is 0 Å². The lowest BCUT2D eigenvalue weighted by molar-refractivity contribution is -0.384. The van der Waals surface area contributed by atoms with Gasteiger partial charge in [0, 0.05) is 23.9 Å². The first-order valence-electron chi connectivity index (χ1n) is 8.28. The van der Waals surface area contributed by atoms with Crippen molar-refractivity contribution in [1.29, 1.82) is 0 Å². The fourth-order valence-electron chi connectivity index (χ4n) is 2.77. The summed E-state index contributed by atoms with van der Waals surface area (Å²) in [4.78, 5) is 15.0. The van der Waals surface area contributed by atoms with Crippen LogP contribution in [0.4, 0.5) is 11.4 Å². The number of nitro benzene ring substituents is 1. The van der Waals surface area contributed by atoms with Gasteiger partial charge in [-0.25, -0.2) is 4.98 Å². The number of anilines is 1. The van der Waals surface area contributed by atoms with Gasteiger partial charge in [-0.3, -0.25) is 19.9 Å². The van der Waals surface area contributed by atoms with Crippen molar-refractivity contribution < 1.29 is 4.92 Å². The molecule has 0 radical (unpaired) electrons. The van der Waals surface area contributed by atoms with Crippen LogP contribution in [-0.4, -0.2) is 20.5 Å². The number of benzene rings is 2. The van der Waals surface area contributed by atoms with Gasteiger partial charge in [-0.05, 0) is 24.3 Å². The largest absolute Gasteiger partial charge is 0.298 e. The third-order valence-electron chi connectivity index (χ3n) is 4.07. The molecule has 2 aromatic heterocycles. The van der Waals surface area contributed by atoms with Crippen LogP contribution in [0, 0.1) is 10.1 Å². The highest BCUT2D eigenvalue weighted by molar-refractivity contribution is 5.89. The van der Waals surface area contributed by atoms with Crippen LogP contribution in [-0.2, 0) is 0 Å². The van der Waals surface area contributed by atoms with Gasteiger partial charge in [0.2, 0.25) is 0 Å². The van der Waals surface area contributed by atoms with Crippen molar-refractivity contribution >= 4 is 23.2 Å². The second kappa shape index (κ2) is 7.09. The van der Waals surface area contributed by atoms with Crippen LogP contribution < -0.4 is 5.43 Å². The van der Waals surface area contributed by atoms with Crippen molar-refractivity contribution in [2.75, 3.05) is 5.43 Å². The molecule has 0 amide bonds. The molecule has 132 valence electrons. The van der Waals surface area contributed by atoms with Crippen LogP contribution in [0.1, 0.15) is 5.69 Å². The normalized spacial score (nSPS) is 11.1. The monoisotopic (exact) mass is 357 g/mol. The zero-order valence-electron chi connectivity index (χ0n) is 14.2. The Morgan fingerprint density at radius 2 is 1.74 bits per heavy atom. The molecule has 0 saturated heterocycles. The van der Waals surface area contributed by atoms with Gasteiger partial charge in [-0.15, -0.1) is 0 Å². The molecule has 4 aromatic rings. The molecule has 2 aromatic carbocycles. The maximum atomic E-state index is 10.7. The van der Waals surface area contributed by atoms with Gasteiger partial charge in [0.15, 0.2) is 0 Å². The molecule has 0 fully saturated rings. The van der Waals surface area contributed by atoms with Gasteiger partial charge < -0.3 is 0 Å². The number of nitrogens with zero attached hydrogens (tertiary/aromatic N) is 4. The molecule has 4 rings (SSSR count). The van der Waals surface area contributed by atoms with E-state index in [0.29, 0.717) is 5.69 Å². The summed E-state index contributed by atoms with van der Waals surface area (Å²) in [5.41, 5.74) is 7.09. The van der Waals surface area contributed by atoms with E-state index in [2.05, 4.69) is 10.5 Å². The number of nitro groups is 1. The number of non-ortho nitro benzene ring substituents is 1. The van der Waals surface area contributed by atoms with E-state index < -0.39 is 4.92 Å². The van der Waals surface area contributed by atoms with Crippen molar-refractivity contribution in [3.8, 4) is 11.3 Å². The number of aromatic nitrogens is 2. The maximum absolute atomic E-state index is 10.7. The van der Waals surface area contributed by atoms with Gasteiger partial charge >= 0.3 is 0 Å². The van der Waals surface area contributed by atoms with E-state index >= 15 is 0 Å². The number of hydrogen-bond donors (Lipinski definition) is 1. The number of pyridine rings is 1. The van der Waals surface area contributed by atoms with E-state index in [4.69, 9.17) is 4.98 Å². The molecule has 7 nitrogen and oxygen atoms in total. The zero-order chi connectivity index (χ0) is 18.6. The van der Waals surface area contributed by atoms with Crippen LogP contribution in [0.3, 0.4) is 0 Å². The van der Waals surface area contributed by atoms with Crippen molar-refractivity contribution in [3.05, 3.63) is 94.8 Å². The highest BCUT2D eigenvalue weighted by Crippen LogP contribution is 2.23. The SMILES string of the molecule is O=[N+]([O-])c1ccc(N/N=C/c2c(-c3ccccc3)nc3ccccn23)cc1. The summed E-state index contributed by atoms with van der Waals surface area (Å²) in [5, 5.41) is 15.0. The number of imidazole rings is 1. The third-order valence-corrected chi connectivity index (χ3v) is 4.07. The smallest absolute Gasteiger partial charge is 0.269 e. The molecule has 0 saturated carbocycles. The molecule has 0 unspecified atom stereocenters. The van der Waals surface area contributed by atoms with E-state index in [1.165, 1.54) is 12.1 Å². The fourth-order valence-corrected chi connectivity index (χ4v) is 2.77. The second-order valence-electron chi connectivity index (χ2n) is 5.81. The Hall–Kier alpha value is -4.00. The minimum atomic E-state index is -0.433. The highest BCUT2D eigenvalue weighted by atomic mass is 16.6.